The van der Waals surface area contributed by atoms with Gasteiger partial charge in [0, 0.05) is 17.8 Å². The minimum absolute atomic E-state index is 0.00752. The van der Waals surface area contributed by atoms with Crippen molar-refractivity contribution in [3.05, 3.63) is 0 Å². The quantitative estimate of drug-likeness (QED) is 0.615. The SMILES string of the molecule is CCCCC(CO)(CCCC)CSC#N. The molecule has 1 N–H and O–H groups in total. The molecule has 3 heteroatoms. The van der Waals surface area contributed by atoms with Gasteiger partial charge in [-0.2, -0.15) is 5.26 Å². The summed E-state index contributed by atoms with van der Waals surface area (Å²) in [5.74, 6) is 0.778. The number of rotatable bonds is 9. The fraction of sp³-hybridized carbons (Fsp3) is 0.917. The van der Waals surface area contributed by atoms with Gasteiger partial charge in [0.05, 0.1) is 0 Å². The predicted molar refractivity (Wildman–Crippen MR) is 66.6 cm³/mol. The lowest BCUT2D eigenvalue weighted by atomic mass is 9.81. The van der Waals surface area contributed by atoms with Gasteiger partial charge in [-0.3, -0.25) is 0 Å². The predicted octanol–water partition coefficient (Wildman–Crippen LogP) is 3.56. The fourth-order valence-corrected chi connectivity index (χ4v) is 2.51. The van der Waals surface area contributed by atoms with Gasteiger partial charge in [-0.05, 0) is 24.6 Å². The maximum atomic E-state index is 9.53. The number of hydrogen-bond acceptors (Lipinski definition) is 3. The highest BCUT2D eigenvalue weighted by Crippen LogP contribution is 2.34. The van der Waals surface area contributed by atoms with Crippen LogP contribution in [0.5, 0.6) is 0 Å². The Morgan fingerprint density at radius 1 is 1.20 bits per heavy atom. The molecule has 88 valence electrons. The molecule has 0 aromatic rings. The van der Waals surface area contributed by atoms with Crippen LogP contribution in [0.25, 0.3) is 0 Å². The fourth-order valence-electron chi connectivity index (χ4n) is 1.76. The number of aliphatic hydroxyl groups is 1. The molecule has 0 aliphatic rings. The zero-order valence-corrected chi connectivity index (χ0v) is 10.8. The minimum Gasteiger partial charge on any atom is -0.396 e. The van der Waals surface area contributed by atoms with Crippen LogP contribution >= 0.6 is 11.8 Å². The highest BCUT2D eigenvalue weighted by atomic mass is 32.2. The van der Waals surface area contributed by atoms with E-state index in [0.29, 0.717) is 0 Å². The number of nitriles is 1. The molecule has 15 heavy (non-hydrogen) atoms. The van der Waals surface area contributed by atoms with Crippen LogP contribution in [0.4, 0.5) is 0 Å². The summed E-state index contributed by atoms with van der Waals surface area (Å²) in [4.78, 5) is 0. The Balaban J connectivity index is 4.24. The first kappa shape index (κ1) is 14.8. The highest BCUT2D eigenvalue weighted by molar-refractivity contribution is 8.03. The van der Waals surface area contributed by atoms with Gasteiger partial charge in [0.1, 0.15) is 5.40 Å². The molecule has 0 radical (unpaired) electrons. The van der Waals surface area contributed by atoms with Crippen molar-refractivity contribution >= 4 is 11.8 Å². The molecule has 0 fully saturated rings. The molecule has 2 nitrogen and oxygen atoms in total. The van der Waals surface area contributed by atoms with Crippen LogP contribution in [-0.4, -0.2) is 17.5 Å². The molecule has 0 spiro atoms. The van der Waals surface area contributed by atoms with E-state index in [1.165, 1.54) is 11.8 Å². The number of unbranched alkanes of at least 4 members (excludes halogenated alkanes) is 2. The third-order valence-corrected chi connectivity index (χ3v) is 3.79. The average molecular weight is 229 g/mol. The Labute approximate surface area is 98.1 Å². The second-order valence-corrected chi connectivity index (χ2v) is 5.01. The van der Waals surface area contributed by atoms with E-state index >= 15 is 0 Å². The van der Waals surface area contributed by atoms with E-state index in [0.717, 1.165) is 44.3 Å². The Kier molecular flexibility index (Phi) is 8.94. The second-order valence-electron chi connectivity index (χ2n) is 4.25. The molecule has 0 rings (SSSR count). The number of thiocyanates is 1. The molecule has 0 saturated heterocycles. The van der Waals surface area contributed by atoms with Crippen molar-refractivity contribution < 1.29 is 5.11 Å². The van der Waals surface area contributed by atoms with E-state index in [-0.39, 0.29) is 12.0 Å². The maximum Gasteiger partial charge on any atom is 0.133 e. The van der Waals surface area contributed by atoms with Gasteiger partial charge in [-0.25, -0.2) is 0 Å². The number of nitrogens with zero attached hydrogens (tertiary/aromatic N) is 1. The molecule has 0 unspecified atom stereocenters. The lowest BCUT2D eigenvalue weighted by molar-refractivity contribution is 0.122. The van der Waals surface area contributed by atoms with Crippen molar-refractivity contribution in [1.29, 1.82) is 5.26 Å². The summed E-state index contributed by atoms with van der Waals surface area (Å²) in [6, 6.07) is 0. The number of hydrogen-bond donors (Lipinski definition) is 1. The lowest BCUT2D eigenvalue weighted by Gasteiger charge is -2.30. The summed E-state index contributed by atoms with van der Waals surface area (Å²) in [5.41, 5.74) is -0.00752. The van der Waals surface area contributed by atoms with Gasteiger partial charge in [0.2, 0.25) is 0 Å². The van der Waals surface area contributed by atoms with Crippen LogP contribution in [-0.2, 0) is 0 Å². The normalized spacial score (nSPS) is 11.3. The Morgan fingerprint density at radius 2 is 1.73 bits per heavy atom. The van der Waals surface area contributed by atoms with Crippen LogP contribution in [0.1, 0.15) is 52.4 Å². The van der Waals surface area contributed by atoms with Gasteiger partial charge in [0.25, 0.3) is 0 Å². The van der Waals surface area contributed by atoms with E-state index in [1.54, 1.807) is 0 Å². The Hall–Kier alpha value is -0.200. The summed E-state index contributed by atoms with van der Waals surface area (Å²) in [6.45, 7) is 4.56. The number of aliphatic hydroxyl groups excluding tert-OH is 1. The smallest absolute Gasteiger partial charge is 0.133 e. The summed E-state index contributed by atoms with van der Waals surface area (Å²) in [7, 11) is 0. The summed E-state index contributed by atoms with van der Waals surface area (Å²) in [5, 5.41) is 20.3. The second kappa shape index (κ2) is 9.06. The summed E-state index contributed by atoms with van der Waals surface area (Å²) in [6.07, 6.45) is 6.71. The van der Waals surface area contributed by atoms with E-state index in [1.807, 2.05) is 0 Å². The van der Waals surface area contributed by atoms with Crippen LogP contribution < -0.4 is 0 Å². The van der Waals surface area contributed by atoms with Crippen LogP contribution in [0.2, 0.25) is 0 Å². The van der Waals surface area contributed by atoms with Crippen LogP contribution in [0, 0.1) is 16.1 Å². The third-order valence-electron chi connectivity index (χ3n) is 2.90. The molecular weight excluding hydrogens is 206 g/mol. The molecule has 0 heterocycles. The van der Waals surface area contributed by atoms with Gasteiger partial charge in [-0.1, -0.05) is 39.5 Å². The molecule has 0 saturated carbocycles. The minimum atomic E-state index is -0.00752. The molecular formula is C12H23NOS. The van der Waals surface area contributed by atoms with Crippen molar-refractivity contribution in [2.75, 3.05) is 12.4 Å². The third kappa shape index (κ3) is 6.06. The first-order valence-corrected chi connectivity index (χ1v) is 6.85. The Morgan fingerprint density at radius 3 is 2.07 bits per heavy atom. The molecule has 0 aliphatic carbocycles. The average Bonchev–Trinajstić information content (AvgIpc) is 2.29. The lowest BCUT2D eigenvalue weighted by Crippen LogP contribution is -2.28. The zero-order valence-electron chi connectivity index (χ0n) is 9.96. The topological polar surface area (TPSA) is 44.0 Å². The summed E-state index contributed by atoms with van der Waals surface area (Å²) < 4.78 is 0. The van der Waals surface area contributed by atoms with E-state index < -0.39 is 0 Å². The van der Waals surface area contributed by atoms with E-state index in [2.05, 4.69) is 19.2 Å². The van der Waals surface area contributed by atoms with E-state index in [9.17, 15) is 5.11 Å². The standard InChI is InChI=1S/C12H23NOS/c1-3-5-7-12(9-14,8-6-4-2)10-15-11-13/h14H,3-10H2,1-2H3. The molecule has 0 aliphatic heterocycles. The van der Waals surface area contributed by atoms with E-state index in [4.69, 9.17) is 5.26 Å². The maximum absolute atomic E-state index is 9.53. The molecule has 0 amide bonds. The highest BCUT2D eigenvalue weighted by Gasteiger charge is 2.28. The van der Waals surface area contributed by atoms with Gasteiger partial charge in [0.15, 0.2) is 0 Å². The van der Waals surface area contributed by atoms with Crippen molar-refractivity contribution in [1.82, 2.24) is 0 Å². The zero-order chi connectivity index (χ0) is 11.6. The van der Waals surface area contributed by atoms with Crippen molar-refractivity contribution in [3.8, 4) is 5.40 Å². The molecule has 0 atom stereocenters. The van der Waals surface area contributed by atoms with Crippen molar-refractivity contribution in [2.24, 2.45) is 5.41 Å². The molecule has 0 aromatic carbocycles. The van der Waals surface area contributed by atoms with Gasteiger partial charge in [-0.15, -0.1) is 0 Å². The largest absolute Gasteiger partial charge is 0.396 e. The first-order valence-electron chi connectivity index (χ1n) is 5.86. The molecule has 0 aromatic heterocycles. The van der Waals surface area contributed by atoms with Gasteiger partial charge < -0.3 is 5.11 Å². The van der Waals surface area contributed by atoms with Crippen LogP contribution in [0.15, 0.2) is 0 Å². The monoisotopic (exact) mass is 229 g/mol. The molecule has 0 bridgehead atoms. The van der Waals surface area contributed by atoms with Crippen molar-refractivity contribution in [2.45, 2.75) is 52.4 Å². The van der Waals surface area contributed by atoms with Crippen LogP contribution in [0.3, 0.4) is 0 Å². The number of thioether (sulfide) groups is 1. The summed E-state index contributed by atoms with van der Waals surface area (Å²) >= 11 is 1.29. The Bertz CT molecular complexity index is 181. The van der Waals surface area contributed by atoms with Crippen molar-refractivity contribution in [3.63, 3.8) is 0 Å². The first-order chi connectivity index (χ1) is 7.24. The van der Waals surface area contributed by atoms with Gasteiger partial charge >= 0.3 is 0 Å².